The Hall–Kier alpha value is -5.58. The maximum atomic E-state index is 13.9. The summed E-state index contributed by atoms with van der Waals surface area (Å²) in [6.45, 7) is 7.38. The second-order valence-electron chi connectivity index (χ2n) is 14.9. The minimum absolute atomic E-state index is 0.0291. The number of ether oxygens (including phenoxy) is 2. The summed E-state index contributed by atoms with van der Waals surface area (Å²) in [6.07, 6.45) is 1.65. The molecule has 16 heteroatoms. The SMILES string of the molecule is Cc1nc2cc(Oc3cc(N4CCN(Cc5ccccc5-c5ccc(Cl)cc5)CC4)ccc3C(=O)NS(=O)(=O)c3ccc(NCC4CCOCC4)c([N+](=O)[O-])c3)ccc2s1. The number of rotatable bonds is 13. The van der Waals surface area contributed by atoms with Gasteiger partial charge < -0.3 is 19.7 Å². The van der Waals surface area contributed by atoms with Crippen LogP contribution in [0.4, 0.5) is 17.1 Å². The summed E-state index contributed by atoms with van der Waals surface area (Å²) >= 11 is 7.71. The van der Waals surface area contributed by atoms with Crippen molar-refractivity contribution in [3.8, 4) is 22.6 Å². The van der Waals surface area contributed by atoms with Crippen molar-refractivity contribution in [2.24, 2.45) is 5.92 Å². The van der Waals surface area contributed by atoms with Crippen LogP contribution < -0.4 is 19.7 Å². The Morgan fingerprint density at radius 2 is 1.73 bits per heavy atom. The number of fused-ring (bicyclic) bond motifs is 1. The Balaban J connectivity index is 1.01. The highest BCUT2D eigenvalue weighted by Crippen LogP contribution is 2.35. The van der Waals surface area contributed by atoms with Gasteiger partial charge >= 0.3 is 0 Å². The van der Waals surface area contributed by atoms with Crippen LogP contribution in [0.2, 0.25) is 5.02 Å². The number of sulfonamides is 1. The number of amides is 1. The van der Waals surface area contributed by atoms with E-state index in [-0.39, 0.29) is 22.9 Å². The summed E-state index contributed by atoms with van der Waals surface area (Å²) in [5.74, 6) is -0.110. The van der Waals surface area contributed by atoms with Crippen LogP contribution in [0.15, 0.2) is 108 Å². The van der Waals surface area contributed by atoms with Gasteiger partial charge in [-0.25, -0.2) is 18.1 Å². The molecular weight excluding hydrogens is 824 g/mol. The average Bonchev–Trinajstić information content (AvgIpc) is 3.63. The molecule has 2 aliphatic heterocycles. The van der Waals surface area contributed by atoms with E-state index in [1.165, 1.54) is 17.7 Å². The van der Waals surface area contributed by atoms with Gasteiger partial charge in [0.2, 0.25) is 0 Å². The lowest BCUT2D eigenvalue weighted by molar-refractivity contribution is -0.384. The van der Waals surface area contributed by atoms with Crippen LogP contribution in [-0.4, -0.2) is 75.1 Å². The van der Waals surface area contributed by atoms with E-state index in [9.17, 15) is 23.3 Å². The van der Waals surface area contributed by atoms with Gasteiger partial charge in [-0.05, 0) is 90.9 Å². The van der Waals surface area contributed by atoms with E-state index in [0.717, 1.165) is 70.6 Å². The predicted molar refractivity (Wildman–Crippen MR) is 235 cm³/mol. The molecule has 2 aliphatic rings. The molecule has 0 saturated carbocycles. The first-order valence-corrected chi connectivity index (χ1v) is 22.3. The quantitative estimate of drug-likeness (QED) is 0.0844. The van der Waals surface area contributed by atoms with Crippen molar-refractivity contribution in [1.82, 2.24) is 14.6 Å². The first-order valence-electron chi connectivity index (χ1n) is 19.7. The number of hydrogen-bond donors (Lipinski definition) is 2. The van der Waals surface area contributed by atoms with Gasteiger partial charge in [0.05, 0.1) is 30.6 Å². The van der Waals surface area contributed by atoms with Crippen molar-refractivity contribution in [1.29, 1.82) is 0 Å². The summed E-state index contributed by atoms with van der Waals surface area (Å²) in [7, 11) is -4.55. The maximum absolute atomic E-state index is 13.9. The molecule has 0 bridgehead atoms. The van der Waals surface area contributed by atoms with Gasteiger partial charge in [-0.1, -0.05) is 48.0 Å². The number of nitrogens with one attached hydrogen (secondary N) is 2. The normalized spacial score (nSPS) is 15.2. The zero-order valence-electron chi connectivity index (χ0n) is 32.8. The molecule has 0 spiro atoms. The van der Waals surface area contributed by atoms with Crippen molar-refractivity contribution in [2.75, 3.05) is 56.2 Å². The Kier molecular flexibility index (Phi) is 12.3. The zero-order chi connectivity index (χ0) is 41.8. The highest BCUT2D eigenvalue weighted by molar-refractivity contribution is 7.90. The molecule has 13 nitrogen and oxygen atoms in total. The fourth-order valence-electron chi connectivity index (χ4n) is 7.59. The number of nitro benzene ring substituents is 1. The minimum atomic E-state index is -4.55. The molecule has 3 heterocycles. The van der Waals surface area contributed by atoms with Gasteiger partial charge in [-0.15, -0.1) is 11.3 Å². The third-order valence-electron chi connectivity index (χ3n) is 10.8. The maximum Gasteiger partial charge on any atom is 0.293 e. The number of piperazine rings is 1. The van der Waals surface area contributed by atoms with Crippen molar-refractivity contribution >= 4 is 66.1 Å². The van der Waals surface area contributed by atoms with Crippen molar-refractivity contribution in [2.45, 2.75) is 31.2 Å². The molecule has 2 saturated heterocycles. The van der Waals surface area contributed by atoms with E-state index in [1.54, 1.807) is 41.7 Å². The van der Waals surface area contributed by atoms with E-state index in [2.05, 4.69) is 43.0 Å². The molecule has 2 fully saturated rings. The molecule has 6 aromatic rings. The average molecular weight is 867 g/mol. The minimum Gasteiger partial charge on any atom is -0.456 e. The summed E-state index contributed by atoms with van der Waals surface area (Å²) in [4.78, 5) is 34.1. The number of carbonyl (C=O) groups is 1. The molecule has 0 unspecified atom stereocenters. The third-order valence-corrected chi connectivity index (χ3v) is 13.4. The number of thiazole rings is 1. The molecule has 0 aliphatic carbocycles. The van der Waals surface area contributed by atoms with Gasteiger partial charge in [0.25, 0.3) is 21.6 Å². The summed E-state index contributed by atoms with van der Waals surface area (Å²) < 4.78 is 42.2. The predicted octanol–water partition coefficient (Wildman–Crippen LogP) is 8.91. The van der Waals surface area contributed by atoms with Crippen LogP contribution in [0.25, 0.3) is 21.3 Å². The lowest BCUT2D eigenvalue weighted by atomic mass is 9.99. The second kappa shape index (κ2) is 18.0. The van der Waals surface area contributed by atoms with Crippen LogP contribution in [0.5, 0.6) is 11.5 Å². The molecule has 5 aromatic carbocycles. The fourth-order valence-corrected chi connectivity index (χ4v) is 9.51. The van der Waals surface area contributed by atoms with Crippen molar-refractivity contribution < 1.29 is 27.6 Å². The van der Waals surface area contributed by atoms with E-state index in [4.69, 9.17) is 21.1 Å². The third kappa shape index (κ3) is 9.56. The molecule has 0 radical (unpaired) electrons. The van der Waals surface area contributed by atoms with Crippen molar-refractivity contribution in [3.05, 3.63) is 134 Å². The van der Waals surface area contributed by atoms with Gasteiger partial charge in [-0.2, -0.15) is 0 Å². The molecular formula is C44H43ClN6O7S2. The molecule has 1 amide bonds. The number of nitrogens with zero attached hydrogens (tertiary/aromatic N) is 4. The van der Waals surface area contributed by atoms with E-state index in [1.807, 2.05) is 43.3 Å². The lowest BCUT2D eigenvalue weighted by Gasteiger charge is -2.36. The second-order valence-corrected chi connectivity index (χ2v) is 18.2. The first-order chi connectivity index (χ1) is 29.0. The number of carbonyl (C=O) groups excluding carboxylic acids is 1. The molecule has 310 valence electrons. The fraction of sp³-hybridized carbons (Fsp3) is 0.273. The Labute approximate surface area is 357 Å². The summed E-state index contributed by atoms with van der Waals surface area (Å²) in [5.41, 5.74) is 4.77. The van der Waals surface area contributed by atoms with E-state index in [0.29, 0.717) is 43.6 Å². The van der Waals surface area contributed by atoms with Crippen LogP contribution in [0.1, 0.15) is 33.8 Å². The van der Waals surface area contributed by atoms with Gasteiger partial charge in [-0.3, -0.25) is 19.8 Å². The highest BCUT2D eigenvalue weighted by atomic mass is 35.5. The van der Waals surface area contributed by atoms with Crippen LogP contribution in [0.3, 0.4) is 0 Å². The molecule has 2 N–H and O–H groups in total. The largest absolute Gasteiger partial charge is 0.456 e. The number of aryl methyl sites for hydroxylation is 1. The number of aromatic nitrogens is 1. The number of anilines is 2. The first kappa shape index (κ1) is 41.2. The highest BCUT2D eigenvalue weighted by Gasteiger charge is 2.27. The Morgan fingerprint density at radius 3 is 2.50 bits per heavy atom. The monoisotopic (exact) mass is 866 g/mol. The molecule has 1 aromatic heterocycles. The summed E-state index contributed by atoms with van der Waals surface area (Å²) in [5, 5.41) is 16.8. The van der Waals surface area contributed by atoms with Crippen LogP contribution >= 0.6 is 22.9 Å². The van der Waals surface area contributed by atoms with E-state index >= 15 is 0 Å². The van der Waals surface area contributed by atoms with Crippen LogP contribution in [-0.2, 0) is 21.3 Å². The molecule has 0 atom stereocenters. The summed E-state index contributed by atoms with van der Waals surface area (Å²) in [6, 6.07) is 30.3. The number of benzene rings is 5. The topological polar surface area (TPSA) is 156 Å². The Morgan fingerprint density at radius 1 is 0.967 bits per heavy atom. The molecule has 60 heavy (non-hydrogen) atoms. The Bertz CT molecular complexity index is 2640. The number of nitro groups is 1. The number of halogens is 1. The smallest absolute Gasteiger partial charge is 0.293 e. The van der Waals surface area contributed by atoms with Gasteiger partial charge in [0, 0.05) is 81.4 Å². The van der Waals surface area contributed by atoms with E-state index < -0.39 is 31.4 Å². The standard InChI is InChI=1S/C44H43ClN6O7S2/c1-29-47-40-25-35(11-15-43(40)59-29)58-42-24-34(50-20-18-49(19-21-50)28-32-4-2-3-5-37(32)31-6-8-33(45)9-7-31)10-13-38(42)44(52)48-60(55,56)36-12-14-39(41(26-36)51(53)54)46-27-30-16-22-57-23-17-30/h2-15,24-26,30,46H,16-23,27-28H2,1H3,(H,48,52). The number of hydrogen-bond acceptors (Lipinski definition) is 12. The van der Waals surface area contributed by atoms with Gasteiger partial charge in [0.1, 0.15) is 17.2 Å². The van der Waals surface area contributed by atoms with Gasteiger partial charge in [0.15, 0.2) is 0 Å². The van der Waals surface area contributed by atoms with Crippen molar-refractivity contribution in [3.63, 3.8) is 0 Å². The zero-order valence-corrected chi connectivity index (χ0v) is 35.2. The lowest BCUT2D eigenvalue weighted by Crippen LogP contribution is -2.46. The van der Waals surface area contributed by atoms with Crippen LogP contribution in [0, 0.1) is 23.0 Å². The molecule has 8 rings (SSSR count).